The van der Waals surface area contributed by atoms with E-state index in [4.69, 9.17) is 11.5 Å². The Morgan fingerprint density at radius 2 is 1.54 bits per heavy atom. The van der Waals surface area contributed by atoms with Crippen molar-refractivity contribution in [2.45, 2.75) is 20.8 Å². The highest BCUT2D eigenvalue weighted by atomic mass is 14.6. The molecule has 0 heterocycles. The molecule has 0 aromatic heterocycles. The summed E-state index contributed by atoms with van der Waals surface area (Å²) in [5, 5.41) is 0. The minimum Gasteiger partial charge on any atom is -0.329 e. The molecule has 0 aliphatic carbocycles. The molecule has 0 atom stereocenters. The van der Waals surface area contributed by atoms with E-state index >= 15 is 0 Å². The van der Waals surface area contributed by atoms with E-state index in [1.165, 1.54) is 11.1 Å². The Morgan fingerprint density at radius 3 is 1.77 bits per heavy atom. The molecule has 0 amide bonds. The second-order valence-corrected chi connectivity index (χ2v) is 2.94. The fourth-order valence-electron chi connectivity index (χ4n) is 0.366. The van der Waals surface area contributed by atoms with Gasteiger partial charge in [-0.15, -0.1) is 0 Å². The van der Waals surface area contributed by atoms with Gasteiger partial charge in [0.15, 0.2) is 0 Å². The quantitative estimate of drug-likeness (QED) is 0.656. The van der Waals surface area contributed by atoms with Crippen LogP contribution < -0.4 is 11.5 Å². The van der Waals surface area contributed by atoms with Crippen LogP contribution in [0.15, 0.2) is 36.0 Å². The summed E-state index contributed by atoms with van der Waals surface area (Å²) in [5.74, 6) is 0. The van der Waals surface area contributed by atoms with Crippen molar-refractivity contribution >= 4 is 0 Å². The smallest absolute Gasteiger partial charge is 0.00461 e. The SMILES string of the molecule is C=C/C(C)=C\C=C(C)C.NCCN. The average molecular weight is 182 g/mol. The maximum atomic E-state index is 4.90. The van der Waals surface area contributed by atoms with Gasteiger partial charge in [-0.2, -0.15) is 0 Å². The third-order valence-electron chi connectivity index (χ3n) is 1.17. The maximum Gasteiger partial charge on any atom is 0.00461 e. The molecule has 0 aliphatic heterocycles. The zero-order chi connectivity index (χ0) is 10.7. The topological polar surface area (TPSA) is 52.0 Å². The van der Waals surface area contributed by atoms with Crippen LogP contribution in [0.1, 0.15) is 20.8 Å². The molecule has 0 unspecified atom stereocenters. The fourth-order valence-corrected chi connectivity index (χ4v) is 0.366. The van der Waals surface area contributed by atoms with Crippen molar-refractivity contribution in [2.75, 3.05) is 13.1 Å². The minimum atomic E-state index is 0.597. The number of hydrogen-bond acceptors (Lipinski definition) is 2. The van der Waals surface area contributed by atoms with Crippen LogP contribution >= 0.6 is 0 Å². The van der Waals surface area contributed by atoms with E-state index in [-0.39, 0.29) is 0 Å². The summed E-state index contributed by atoms with van der Waals surface area (Å²) in [7, 11) is 0. The molecule has 76 valence electrons. The third-order valence-corrected chi connectivity index (χ3v) is 1.17. The molecule has 0 fully saturated rings. The van der Waals surface area contributed by atoms with Crippen LogP contribution in [0.4, 0.5) is 0 Å². The van der Waals surface area contributed by atoms with Gasteiger partial charge in [-0.25, -0.2) is 0 Å². The molecule has 0 radical (unpaired) electrons. The summed E-state index contributed by atoms with van der Waals surface area (Å²) < 4.78 is 0. The predicted molar refractivity (Wildman–Crippen MR) is 61.5 cm³/mol. The van der Waals surface area contributed by atoms with Gasteiger partial charge < -0.3 is 11.5 Å². The molecule has 0 aromatic rings. The molecule has 4 N–H and O–H groups in total. The first-order valence-electron chi connectivity index (χ1n) is 4.42. The Balaban J connectivity index is 0. The van der Waals surface area contributed by atoms with E-state index in [2.05, 4.69) is 32.6 Å². The molecule has 0 bridgehead atoms. The van der Waals surface area contributed by atoms with Crippen molar-refractivity contribution in [3.05, 3.63) is 36.0 Å². The van der Waals surface area contributed by atoms with Crippen molar-refractivity contribution < 1.29 is 0 Å². The molecule has 0 rings (SSSR count). The fraction of sp³-hybridized carbons (Fsp3) is 0.455. The highest BCUT2D eigenvalue weighted by Gasteiger charge is 1.74. The van der Waals surface area contributed by atoms with Crippen molar-refractivity contribution in [1.29, 1.82) is 0 Å². The normalized spacial score (nSPS) is 9.77. The minimum absolute atomic E-state index is 0.597. The first-order chi connectivity index (χ1) is 6.08. The lowest BCUT2D eigenvalue weighted by Crippen LogP contribution is -2.11. The standard InChI is InChI=1S/C9H14.C2H8N2/c1-5-9(4)7-6-8(2)3;3-1-2-4/h5-7H,1H2,2-4H3;1-4H2/b9-7-;. The van der Waals surface area contributed by atoms with Crippen molar-refractivity contribution in [1.82, 2.24) is 0 Å². The van der Waals surface area contributed by atoms with Crippen LogP contribution in [0.2, 0.25) is 0 Å². The lowest BCUT2D eigenvalue weighted by molar-refractivity contribution is 0.976. The summed E-state index contributed by atoms with van der Waals surface area (Å²) in [4.78, 5) is 0. The number of nitrogens with two attached hydrogens (primary N) is 2. The van der Waals surface area contributed by atoms with Crippen LogP contribution in [0.5, 0.6) is 0 Å². The lowest BCUT2D eigenvalue weighted by Gasteiger charge is -1.86. The summed E-state index contributed by atoms with van der Waals surface area (Å²) in [6.07, 6.45) is 5.98. The predicted octanol–water partition coefficient (Wildman–Crippen LogP) is 1.99. The Bertz CT molecular complexity index is 173. The van der Waals surface area contributed by atoms with Crippen LogP contribution in [0, 0.1) is 0 Å². The Hall–Kier alpha value is -0.860. The summed E-state index contributed by atoms with van der Waals surface area (Å²) in [6, 6.07) is 0. The van der Waals surface area contributed by atoms with Gasteiger partial charge in [0.1, 0.15) is 0 Å². The highest BCUT2D eigenvalue weighted by Crippen LogP contribution is 1.96. The van der Waals surface area contributed by atoms with Gasteiger partial charge in [0.05, 0.1) is 0 Å². The third kappa shape index (κ3) is 18.3. The number of hydrogen-bond donors (Lipinski definition) is 2. The van der Waals surface area contributed by atoms with Gasteiger partial charge in [0.2, 0.25) is 0 Å². The van der Waals surface area contributed by atoms with E-state index in [0.717, 1.165) is 0 Å². The zero-order valence-electron chi connectivity index (χ0n) is 9.01. The largest absolute Gasteiger partial charge is 0.329 e. The highest BCUT2D eigenvalue weighted by molar-refractivity contribution is 5.21. The maximum absolute atomic E-state index is 4.90. The second-order valence-electron chi connectivity index (χ2n) is 2.94. The Morgan fingerprint density at radius 1 is 1.08 bits per heavy atom. The average Bonchev–Trinajstić information content (AvgIpc) is 2.14. The molecular weight excluding hydrogens is 160 g/mol. The molecule has 2 nitrogen and oxygen atoms in total. The van der Waals surface area contributed by atoms with Crippen molar-refractivity contribution in [2.24, 2.45) is 11.5 Å². The summed E-state index contributed by atoms with van der Waals surface area (Å²) in [5.41, 5.74) is 12.3. The second kappa shape index (κ2) is 11.1. The van der Waals surface area contributed by atoms with Crippen molar-refractivity contribution in [3.8, 4) is 0 Å². The van der Waals surface area contributed by atoms with Crippen LogP contribution in [0.3, 0.4) is 0 Å². The number of allylic oxidation sites excluding steroid dienone is 5. The first-order valence-corrected chi connectivity index (χ1v) is 4.42. The Labute approximate surface area is 82.0 Å². The van der Waals surface area contributed by atoms with E-state index in [9.17, 15) is 0 Å². The molecule has 0 saturated heterocycles. The first kappa shape index (κ1) is 14.7. The van der Waals surface area contributed by atoms with Crippen LogP contribution in [0.25, 0.3) is 0 Å². The molecule has 13 heavy (non-hydrogen) atoms. The molecule has 0 spiro atoms. The van der Waals surface area contributed by atoms with Gasteiger partial charge in [0, 0.05) is 13.1 Å². The molecule has 0 saturated carbocycles. The van der Waals surface area contributed by atoms with Gasteiger partial charge in [0.25, 0.3) is 0 Å². The van der Waals surface area contributed by atoms with E-state index in [1.807, 2.05) is 13.0 Å². The van der Waals surface area contributed by atoms with Gasteiger partial charge in [-0.1, -0.05) is 36.0 Å². The van der Waals surface area contributed by atoms with Crippen LogP contribution in [-0.2, 0) is 0 Å². The van der Waals surface area contributed by atoms with Gasteiger partial charge in [-0.05, 0) is 20.8 Å². The van der Waals surface area contributed by atoms with E-state index in [0.29, 0.717) is 13.1 Å². The van der Waals surface area contributed by atoms with E-state index < -0.39 is 0 Å². The van der Waals surface area contributed by atoms with Crippen molar-refractivity contribution in [3.63, 3.8) is 0 Å². The van der Waals surface area contributed by atoms with Gasteiger partial charge >= 0.3 is 0 Å². The molecule has 2 heteroatoms. The lowest BCUT2D eigenvalue weighted by atomic mass is 10.2. The van der Waals surface area contributed by atoms with E-state index in [1.54, 1.807) is 0 Å². The molecule has 0 aliphatic rings. The number of rotatable bonds is 3. The zero-order valence-corrected chi connectivity index (χ0v) is 9.01. The monoisotopic (exact) mass is 182 g/mol. The van der Waals surface area contributed by atoms with Gasteiger partial charge in [-0.3, -0.25) is 0 Å². The van der Waals surface area contributed by atoms with Crippen LogP contribution in [-0.4, -0.2) is 13.1 Å². The Kier molecular flexibility index (Phi) is 12.6. The molecular formula is C11H22N2. The summed E-state index contributed by atoms with van der Waals surface area (Å²) in [6.45, 7) is 11.0. The molecule has 0 aromatic carbocycles. The summed E-state index contributed by atoms with van der Waals surface area (Å²) >= 11 is 0.